The maximum Gasteiger partial charge on any atom is 0.132 e. The monoisotopic (exact) mass is 292 g/mol. The standard InChI is InChI=1S/C10H14INO/c1-7(12)5-8-3-4-10(13-2)9(11)6-8/h3-4,6-7H,5,12H2,1-2H3/p+1. The highest BCUT2D eigenvalue weighted by molar-refractivity contribution is 14.1. The van der Waals surface area contributed by atoms with Crippen LogP contribution >= 0.6 is 22.6 Å². The molecule has 3 heteroatoms. The van der Waals surface area contributed by atoms with Gasteiger partial charge in [-0.15, -0.1) is 0 Å². The van der Waals surface area contributed by atoms with Crippen LogP contribution in [0.4, 0.5) is 0 Å². The Bertz CT molecular complexity index is 286. The first-order chi connectivity index (χ1) is 6.13. The number of rotatable bonds is 3. The van der Waals surface area contributed by atoms with Crippen molar-refractivity contribution in [1.82, 2.24) is 0 Å². The number of quaternary nitrogens is 1. The molecule has 0 saturated carbocycles. The molecule has 0 amide bonds. The molecule has 1 atom stereocenters. The Morgan fingerprint density at radius 1 is 1.54 bits per heavy atom. The zero-order valence-corrected chi connectivity index (χ0v) is 10.2. The van der Waals surface area contributed by atoms with E-state index in [0.29, 0.717) is 6.04 Å². The second-order valence-corrected chi connectivity index (χ2v) is 4.44. The first kappa shape index (κ1) is 10.8. The molecule has 1 aromatic carbocycles. The fraction of sp³-hybridized carbons (Fsp3) is 0.400. The molecule has 72 valence electrons. The van der Waals surface area contributed by atoms with Crippen LogP contribution in [0.25, 0.3) is 0 Å². The third-order valence-electron chi connectivity index (χ3n) is 1.80. The Kier molecular flexibility index (Phi) is 3.99. The molecule has 0 heterocycles. The molecule has 1 rings (SSSR count). The van der Waals surface area contributed by atoms with E-state index >= 15 is 0 Å². The van der Waals surface area contributed by atoms with E-state index in [2.05, 4.69) is 47.4 Å². The molecule has 0 radical (unpaired) electrons. The predicted molar refractivity (Wildman–Crippen MR) is 61.8 cm³/mol. The molecule has 3 N–H and O–H groups in total. The second kappa shape index (κ2) is 4.81. The summed E-state index contributed by atoms with van der Waals surface area (Å²) < 4.78 is 6.35. The normalized spacial score (nSPS) is 12.6. The van der Waals surface area contributed by atoms with Crippen molar-refractivity contribution in [2.24, 2.45) is 0 Å². The summed E-state index contributed by atoms with van der Waals surface area (Å²) in [6.07, 6.45) is 1.03. The number of hydrogen-bond acceptors (Lipinski definition) is 1. The van der Waals surface area contributed by atoms with Gasteiger partial charge in [-0.3, -0.25) is 0 Å². The zero-order valence-electron chi connectivity index (χ0n) is 8.01. The topological polar surface area (TPSA) is 36.9 Å². The van der Waals surface area contributed by atoms with Crippen molar-refractivity contribution in [3.63, 3.8) is 0 Å². The molecule has 1 aromatic rings. The molecule has 0 fully saturated rings. The van der Waals surface area contributed by atoms with Crippen LogP contribution in [-0.2, 0) is 6.42 Å². The second-order valence-electron chi connectivity index (χ2n) is 3.28. The number of halogens is 1. The molecule has 0 saturated heterocycles. The minimum atomic E-state index is 0.462. The van der Waals surface area contributed by atoms with Gasteiger partial charge in [-0.2, -0.15) is 0 Å². The SMILES string of the molecule is COc1ccc(CC(C)[NH3+])cc1I. The molecule has 0 aliphatic heterocycles. The van der Waals surface area contributed by atoms with Gasteiger partial charge in [0.05, 0.1) is 16.7 Å². The Morgan fingerprint density at radius 3 is 2.69 bits per heavy atom. The highest BCUT2D eigenvalue weighted by Gasteiger charge is 2.04. The Hall–Kier alpha value is -0.290. The van der Waals surface area contributed by atoms with Crippen molar-refractivity contribution in [2.75, 3.05) is 7.11 Å². The summed E-state index contributed by atoms with van der Waals surface area (Å²) in [6.45, 7) is 2.12. The minimum absolute atomic E-state index is 0.462. The van der Waals surface area contributed by atoms with E-state index in [1.54, 1.807) is 7.11 Å². The van der Waals surface area contributed by atoms with E-state index in [1.165, 1.54) is 9.13 Å². The Labute approximate surface area is 92.6 Å². The highest BCUT2D eigenvalue weighted by Crippen LogP contribution is 2.21. The molecule has 0 bridgehead atoms. The van der Waals surface area contributed by atoms with Crippen LogP contribution in [0.15, 0.2) is 18.2 Å². The van der Waals surface area contributed by atoms with Crippen molar-refractivity contribution in [3.8, 4) is 5.75 Å². The van der Waals surface area contributed by atoms with E-state index < -0.39 is 0 Å². The molecule has 2 nitrogen and oxygen atoms in total. The average Bonchev–Trinajstić information content (AvgIpc) is 2.03. The summed E-state index contributed by atoms with van der Waals surface area (Å²) in [5.41, 5.74) is 5.30. The first-order valence-corrected chi connectivity index (χ1v) is 5.37. The van der Waals surface area contributed by atoms with E-state index in [1.807, 2.05) is 6.07 Å². The van der Waals surface area contributed by atoms with Gasteiger partial charge in [-0.05, 0) is 47.2 Å². The van der Waals surface area contributed by atoms with Gasteiger partial charge in [0.1, 0.15) is 5.75 Å². The fourth-order valence-corrected chi connectivity index (χ4v) is 2.04. The number of benzene rings is 1. The number of hydrogen-bond donors (Lipinski definition) is 1. The van der Waals surface area contributed by atoms with Crippen molar-refractivity contribution in [3.05, 3.63) is 27.3 Å². The molecular formula is C10H15INO+. The van der Waals surface area contributed by atoms with E-state index in [4.69, 9.17) is 4.74 Å². The molecule has 0 aliphatic carbocycles. The average molecular weight is 292 g/mol. The lowest BCUT2D eigenvalue weighted by atomic mass is 10.1. The van der Waals surface area contributed by atoms with Gasteiger partial charge in [0, 0.05) is 6.42 Å². The summed E-state index contributed by atoms with van der Waals surface area (Å²) in [5.74, 6) is 0.945. The minimum Gasteiger partial charge on any atom is -0.496 e. The van der Waals surface area contributed by atoms with Crippen LogP contribution in [0.1, 0.15) is 12.5 Å². The maximum atomic E-state index is 5.18. The molecule has 1 unspecified atom stereocenters. The van der Waals surface area contributed by atoms with Gasteiger partial charge < -0.3 is 10.5 Å². The Balaban J connectivity index is 2.83. The van der Waals surface area contributed by atoms with E-state index in [-0.39, 0.29) is 0 Å². The largest absolute Gasteiger partial charge is 0.496 e. The third kappa shape index (κ3) is 3.15. The van der Waals surface area contributed by atoms with Gasteiger partial charge >= 0.3 is 0 Å². The highest BCUT2D eigenvalue weighted by atomic mass is 127. The van der Waals surface area contributed by atoms with Crippen LogP contribution in [0, 0.1) is 3.57 Å². The van der Waals surface area contributed by atoms with Crippen molar-refractivity contribution >= 4 is 22.6 Å². The maximum absolute atomic E-state index is 5.18. The van der Waals surface area contributed by atoms with Crippen LogP contribution in [0.2, 0.25) is 0 Å². The van der Waals surface area contributed by atoms with Crippen LogP contribution in [-0.4, -0.2) is 13.2 Å². The molecule has 0 aromatic heterocycles. The van der Waals surface area contributed by atoms with Gasteiger partial charge in [0.25, 0.3) is 0 Å². The summed E-state index contributed by atoms with van der Waals surface area (Å²) in [4.78, 5) is 0. The van der Waals surface area contributed by atoms with Gasteiger partial charge in [0.2, 0.25) is 0 Å². The van der Waals surface area contributed by atoms with Gasteiger partial charge in [-0.1, -0.05) is 6.07 Å². The summed E-state index contributed by atoms with van der Waals surface area (Å²) in [7, 11) is 1.70. The van der Waals surface area contributed by atoms with Crippen LogP contribution in [0.5, 0.6) is 5.75 Å². The fourth-order valence-electron chi connectivity index (χ4n) is 1.24. The third-order valence-corrected chi connectivity index (χ3v) is 2.64. The summed E-state index contributed by atoms with van der Waals surface area (Å²) >= 11 is 2.29. The lowest BCUT2D eigenvalue weighted by molar-refractivity contribution is -0.413. The Morgan fingerprint density at radius 2 is 2.23 bits per heavy atom. The summed E-state index contributed by atoms with van der Waals surface area (Å²) in [6, 6.07) is 6.73. The van der Waals surface area contributed by atoms with Crippen molar-refractivity contribution in [2.45, 2.75) is 19.4 Å². The van der Waals surface area contributed by atoms with Gasteiger partial charge in [-0.25, -0.2) is 0 Å². The lowest BCUT2D eigenvalue weighted by Gasteiger charge is -2.06. The quantitative estimate of drug-likeness (QED) is 0.842. The molecule has 0 spiro atoms. The number of methoxy groups -OCH3 is 1. The van der Waals surface area contributed by atoms with E-state index in [0.717, 1.165) is 12.2 Å². The molecule has 13 heavy (non-hydrogen) atoms. The van der Waals surface area contributed by atoms with Crippen molar-refractivity contribution < 1.29 is 10.5 Å². The smallest absolute Gasteiger partial charge is 0.132 e. The van der Waals surface area contributed by atoms with Crippen LogP contribution < -0.4 is 10.5 Å². The molecule has 0 aliphatic rings. The predicted octanol–water partition coefficient (Wildman–Crippen LogP) is 1.47. The zero-order chi connectivity index (χ0) is 9.84. The number of ether oxygens (including phenoxy) is 1. The summed E-state index contributed by atoms with van der Waals surface area (Å²) in [5, 5.41) is 0. The van der Waals surface area contributed by atoms with Crippen molar-refractivity contribution in [1.29, 1.82) is 0 Å². The lowest BCUT2D eigenvalue weighted by Crippen LogP contribution is -2.60. The van der Waals surface area contributed by atoms with Crippen LogP contribution in [0.3, 0.4) is 0 Å². The molecular weight excluding hydrogens is 277 g/mol. The van der Waals surface area contributed by atoms with E-state index in [9.17, 15) is 0 Å². The first-order valence-electron chi connectivity index (χ1n) is 4.29. The van der Waals surface area contributed by atoms with Gasteiger partial charge in [0.15, 0.2) is 0 Å².